The molecule has 0 heterocycles. The first-order valence-electron chi connectivity index (χ1n) is 7.90. The van der Waals surface area contributed by atoms with Crippen molar-refractivity contribution >= 4 is 17.5 Å². The lowest BCUT2D eigenvalue weighted by atomic mass is 9.91. The largest absolute Gasteiger partial charge is 0.426 e. The predicted octanol–water partition coefficient (Wildman–Crippen LogP) is 3.90. The maximum atomic E-state index is 12.7. The summed E-state index contributed by atoms with van der Waals surface area (Å²) in [5.41, 5.74) is 2.27. The summed E-state index contributed by atoms with van der Waals surface area (Å²) in [4.78, 5) is 36.9. The number of fused-ring (bicyclic) bond motifs is 1. The summed E-state index contributed by atoms with van der Waals surface area (Å²) in [5, 5.41) is 0. The summed E-state index contributed by atoms with van der Waals surface area (Å²) in [5.74, 6) is -1.40. The molecule has 0 radical (unpaired) electrons. The van der Waals surface area contributed by atoms with Crippen LogP contribution in [0.5, 0.6) is 5.75 Å². The third kappa shape index (κ3) is 2.64. The van der Waals surface area contributed by atoms with Gasteiger partial charge in [-0.2, -0.15) is 0 Å². The number of ketones is 2. The Morgan fingerprint density at radius 3 is 2.08 bits per heavy atom. The molecule has 0 fully saturated rings. The number of carbonyl (C=O) groups is 3. The number of carbonyl (C=O) groups excluding carboxylic acids is 3. The van der Waals surface area contributed by atoms with Gasteiger partial charge in [-0.3, -0.25) is 14.4 Å². The average Bonchev–Trinajstić information content (AvgIpc) is 2.79. The molecule has 0 aromatic heterocycles. The standard InChI is InChI=1S/C20H18O4/c1-11(2)13-8-9-16(17(10-13)24-12(3)21)18-19(22)14-6-4-5-7-15(14)20(18)23/h4-11,18H,1-3H3. The highest BCUT2D eigenvalue weighted by Gasteiger charge is 2.40. The van der Waals surface area contributed by atoms with Crippen LogP contribution in [0.1, 0.15) is 64.4 Å². The van der Waals surface area contributed by atoms with Crippen molar-refractivity contribution in [2.24, 2.45) is 0 Å². The van der Waals surface area contributed by atoms with Gasteiger partial charge in [0.2, 0.25) is 0 Å². The zero-order chi connectivity index (χ0) is 17.4. The van der Waals surface area contributed by atoms with E-state index in [9.17, 15) is 14.4 Å². The fraction of sp³-hybridized carbons (Fsp3) is 0.250. The highest BCUT2D eigenvalue weighted by Crippen LogP contribution is 2.39. The number of ether oxygens (including phenoxy) is 1. The minimum Gasteiger partial charge on any atom is -0.426 e. The van der Waals surface area contributed by atoms with Crippen molar-refractivity contribution in [3.05, 3.63) is 64.7 Å². The zero-order valence-corrected chi connectivity index (χ0v) is 13.8. The van der Waals surface area contributed by atoms with Gasteiger partial charge in [0.15, 0.2) is 11.6 Å². The van der Waals surface area contributed by atoms with E-state index in [1.807, 2.05) is 19.9 Å². The summed E-state index contributed by atoms with van der Waals surface area (Å²) < 4.78 is 5.30. The van der Waals surface area contributed by atoms with Gasteiger partial charge in [0.05, 0.1) is 0 Å². The van der Waals surface area contributed by atoms with Gasteiger partial charge in [-0.1, -0.05) is 50.2 Å². The van der Waals surface area contributed by atoms with Gasteiger partial charge in [0, 0.05) is 23.6 Å². The van der Waals surface area contributed by atoms with Crippen LogP contribution in [0.2, 0.25) is 0 Å². The first-order chi connectivity index (χ1) is 11.4. The first-order valence-corrected chi connectivity index (χ1v) is 7.90. The van der Waals surface area contributed by atoms with E-state index in [4.69, 9.17) is 4.74 Å². The van der Waals surface area contributed by atoms with E-state index in [2.05, 4.69) is 0 Å². The lowest BCUT2D eigenvalue weighted by molar-refractivity contribution is -0.131. The molecule has 1 aliphatic rings. The van der Waals surface area contributed by atoms with Crippen molar-refractivity contribution in [3.63, 3.8) is 0 Å². The second-order valence-electron chi connectivity index (χ2n) is 6.25. The molecule has 0 atom stereocenters. The predicted molar refractivity (Wildman–Crippen MR) is 89.7 cm³/mol. The van der Waals surface area contributed by atoms with Crippen molar-refractivity contribution in [1.82, 2.24) is 0 Å². The van der Waals surface area contributed by atoms with Crippen LogP contribution in [0, 0.1) is 0 Å². The van der Waals surface area contributed by atoms with Crippen LogP contribution in [0.4, 0.5) is 0 Å². The summed E-state index contributed by atoms with van der Waals surface area (Å²) in [6, 6.07) is 12.1. The first kappa shape index (κ1) is 16.1. The monoisotopic (exact) mass is 322 g/mol. The molecule has 4 nitrogen and oxygen atoms in total. The van der Waals surface area contributed by atoms with Gasteiger partial charge < -0.3 is 4.74 Å². The Morgan fingerprint density at radius 1 is 1.00 bits per heavy atom. The van der Waals surface area contributed by atoms with Crippen LogP contribution in [-0.4, -0.2) is 17.5 Å². The van der Waals surface area contributed by atoms with E-state index in [0.29, 0.717) is 16.7 Å². The van der Waals surface area contributed by atoms with Crippen molar-refractivity contribution < 1.29 is 19.1 Å². The van der Waals surface area contributed by atoms with Gasteiger partial charge in [-0.05, 0) is 17.5 Å². The van der Waals surface area contributed by atoms with Crippen molar-refractivity contribution in [2.45, 2.75) is 32.6 Å². The number of hydrogen-bond acceptors (Lipinski definition) is 4. The summed E-state index contributed by atoms with van der Waals surface area (Å²) in [6.45, 7) is 5.35. The normalized spacial score (nSPS) is 14.2. The van der Waals surface area contributed by atoms with Gasteiger partial charge in [-0.15, -0.1) is 0 Å². The zero-order valence-electron chi connectivity index (χ0n) is 13.8. The number of benzene rings is 2. The molecule has 2 aromatic carbocycles. The Labute approximate surface area is 140 Å². The number of esters is 1. The van der Waals surface area contributed by atoms with Crippen molar-refractivity contribution in [1.29, 1.82) is 0 Å². The maximum absolute atomic E-state index is 12.7. The molecule has 0 bridgehead atoms. The second-order valence-corrected chi connectivity index (χ2v) is 6.25. The van der Waals surface area contributed by atoms with E-state index in [-0.39, 0.29) is 23.2 Å². The molecular formula is C20H18O4. The molecule has 1 aliphatic carbocycles. The summed E-state index contributed by atoms with van der Waals surface area (Å²) >= 11 is 0. The molecule has 0 N–H and O–H groups in total. The summed E-state index contributed by atoms with van der Waals surface area (Å²) in [7, 11) is 0. The van der Waals surface area contributed by atoms with E-state index in [1.54, 1.807) is 36.4 Å². The van der Waals surface area contributed by atoms with Crippen molar-refractivity contribution in [3.8, 4) is 5.75 Å². The van der Waals surface area contributed by atoms with Crippen LogP contribution < -0.4 is 4.74 Å². The Balaban J connectivity index is 2.11. The molecule has 0 unspecified atom stereocenters. The molecule has 0 saturated carbocycles. The lowest BCUT2D eigenvalue weighted by Crippen LogP contribution is -2.16. The Bertz CT molecular complexity index is 813. The minimum absolute atomic E-state index is 0.237. The van der Waals surface area contributed by atoms with Gasteiger partial charge in [0.25, 0.3) is 0 Å². The van der Waals surface area contributed by atoms with Crippen LogP contribution in [0.25, 0.3) is 0 Å². The van der Waals surface area contributed by atoms with Gasteiger partial charge in [-0.25, -0.2) is 0 Å². The molecular weight excluding hydrogens is 304 g/mol. The molecule has 0 amide bonds. The molecule has 2 aromatic rings. The Kier molecular flexibility index (Phi) is 4.06. The number of hydrogen-bond donors (Lipinski definition) is 0. The quantitative estimate of drug-likeness (QED) is 0.488. The lowest BCUT2D eigenvalue weighted by Gasteiger charge is -2.16. The van der Waals surface area contributed by atoms with E-state index in [1.165, 1.54) is 6.92 Å². The number of Topliss-reactive ketones (excluding diaryl/α,β-unsaturated/α-hetero) is 2. The summed E-state index contributed by atoms with van der Waals surface area (Å²) in [6.07, 6.45) is 0. The molecule has 24 heavy (non-hydrogen) atoms. The third-order valence-corrected chi connectivity index (χ3v) is 4.25. The Morgan fingerprint density at radius 2 is 1.58 bits per heavy atom. The molecule has 122 valence electrons. The van der Waals surface area contributed by atoms with Crippen LogP contribution >= 0.6 is 0 Å². The smallest absolute Gasteiger partial charge is 0.308 e. The van der Waals surface area contributed by atoms with Crippen LogP contribution in [0.3, 0.4) is 0 Å². The molecule has 0 aliphatic heterocycles. The fourth-order valence-electron chi connectivity index (χ4n) is 3.02. The Hall–Kier alpha value is -2.75. The van der Waals surface area contributed by atoms with E-state index < -0.39 is 11.9 Å². The van der Waals surface area contributed by atoms with Crippen LogP contribution in [0.15, 0.2) is 42.5 Å². The third-order valence-electron chi connectivity index (χ3n) is 4.25. The van der Waals surface area contributed by atoms with Gasteiger partial charge >= 0.3 is 5.97 Å². The maximum Gasteiger partial charge on any atom is 0.308 e. The highest BCUT2D eigenvalue weighted by atomic mass is 16.5. The SMILES string of the molecule is CC(=O)Oc1cc(C(C)C)ccc1C1C(=O)c2ccccc2C1=O. The molecule has 0 spiro atoms. The second kappa shape index (κ2) is 6.04. The molecule has 4 heteroatoms. The molecule has 0 saturated heterocycles. The highest BCUT2D eigenvalue weighted by molar-refractivity contribution is 6.29. The van der Waals surface area contributed by atoms with E-state index in [0.717, 1.165) is 5.56 Å². The average molecular weight is 322 g/mol. The minimum atomic E-state index is -0.946. The van der Waals surface area contributed by atoms with Crippen LogP contribution in [-0.2, 0) is 4.79 Å². The van der Waals surface area contributed by atoms with Crippen molar-refractivity contribution in [2.75, 3.05) is 0 Å². The number of rotatable bonds is 3. The van der Waals surface area contributed by atoms with E-state index >= 15 is 0 Å². The molecule has 3 rings (SSSR count). The van der Waals surface area contributed by atoms with Gasteiger partial charge in [0.1, 0.15) is 11.7 Å². The fourth-order valence-corrected chi connectivity index (χ4v) is 3.02. The topological polar surface area (TPSA) is 60.4 Å².